The Balaban J connectivity index is -0.000000327. The molecule has 0 rings (SSSR count). The van der Waals surface area contributed by atoms with Gasteiger partial charge in [0, 0.05) is 6.92 Å². The van der Waals surface area contributed by atoms with Crippen molar-refractivity contribution in [2.75, 3.05) is 19.8 Å². The van der Waals surface area contributed by atoms with Gasteiger partial charge in [-0.2, -0.15) is 0 Å². The number of unbranched alkanes of at least 4 members (excludes halogenated alkanes) is 1. The van der Waals surface area contributed by atoms with E-state index in [0.717, 1.165) is 12.8 Å². The first-order valence-corrected chi connectivity index (χ1v) is 8.21. The molecule has 2 unspecified atom stereocenters. The summed E-state index contributed by atoms with van der Waals surface area (Å²) in [7, 11) is 0. The van der Waals surface area contributed by atoms with Crippen LogP contribution in [-0.4, -0.2) is 71.6 Å². The summed E-state index contributed by atoms with van der Waals surface area (Å²) in [4.78, 5) is 40.0. The number of aliphatic hydroxyl groups is 1. The van der Waals surface area contributed by atoms with Gasteiger partial charge in [0.05, 0.1) is 13.2 Å². The molecule has 0 aromatic carbocycles. The highest BCUT2D eigenvalue weighted by atomic mass is 16.7. The van der Waals surface area contributed by atoms with Crippen molar-refractivity contribution in [3.63, 3.8) is 0 Å². The summed E-state index contributed by atoms with van der Waals surface area (Å²) in [5, 5.41) is 24.5. The van der Waals surface area contributed by atoms with Crippen molar-refractivity contribution >= 4 is 24.2 Å². The highest BCUT2D eigenvalue weighted by Gasteiger charge is 2.09. The van der Waals surface area contributed by atoms with Crippen molar-refractivity contribution in [2.24, 2.45) is 0 Å². The molecule has 0 saturated carbocycles. The fraction of sp³-hybridized carbons (Fsp3) is 0.750. The number of esters is 2. The molecule has 0 aromatic rings. The maximum absolute atomic E-state index is 10.3. The van der Waals surface area contributed by atoms with E-state index < -0.39 is 30.5 Å². The summed E-state index contributed by atoms with van der Waals surface area (Å²) in [5.41, 5.74) is 0. The second-order valence-corrected chi connectivity index (χ2v) is 4.89. The summed E-state index contributed by atoms with van der Waals surface area (Å²) in [6.07, 6.45) is -2.62. The smallest absolute Gasteiger partial charge is 0.466 e. The Morgan fingerprint density at radius 3 is 1.78 bits per heavy atom. The maximum atomic E-state index is 10.3. The first kappa shape index (κ1) is 29.2. The molecule has 0 aliphatic carbocycles. The molecular weight excluding hydrogens is 368 g/mol. The monoisotopic (exact) mass is 398 g/mol. The summed E-state index contributed by atoms with van der Waals surface area (Å²) >= 11 is 0. The third-order valence-corrected chi connectivity index (χ3v) is 2.17. The van der Waals surface area contributed by atoms with Gasteiger partial charge >= 0.3 is 24.2 Å². The van der Waals surface area contributed by atoms with Gasteiger partial charge in [0.25, 0.3) is 0 Å². The number of carbonyl (C=O) groups is 4. The molecule has 0 saturated heterocycles. The van der Waals surface area contributed by atoms with E-state index in [9.17, 15) is 19.2 Å². The van der Waals surface area contributed by atoms with E-state index in [1.165, 1.54) is 20.8 Å². The van der Waals surface area contributed by atoms with Crippen LogP contribution in [0.5, 0.6) is 0 Å². The average Bonchev–Trinajstić information content (AvgIpc) is 2.53. The average molecular weight is 398 g/mol. The Bertz CT molecular complexity index is 421. The zero-order valence-corrected chi connectivity index (χ0v) is 16.3. The van der Waals surface area contributed by atoms with E-state index in [-0.39, 0.29) is 12.6 Å². The second-order valence-electron chi connectivity index (χ2n) is 4.89. The van der Waals surface area contributed by atoms with E-state index in [1.807, 2.05) is 0 Å². The second kappa shape index (κ2) is 19.8. The quantitative estimate of drug-likeness (QED) is 0.311. The molecule has 0 fully saturated rings. The number of carboxylic acid groups (broad SMARTS) is 2. The fourth-order valence-corrected chi connectivity index (χ4v) is 1.02. The SMILES string of the molecule is CC(COC(=O)O)OC(=O)O.CCCCOC(C)=O.CCOC(=O)C(C)O. The van der Waals surface area contributed by atoms with Crippen molar-refractivity contribution < 1.29 is 53.4 Å². The Morgan fingerprint density at radius 2 is 1.48 bits per heavy atom. The topological polar surface area (TPSA) is 166 Å². The van der Waals surface area contributed by atoms with Gasteiger partial charge in [-0.25, -0.2) is 14.4 Å². The lowest BCUT2D eigenvalue weighted by Gasteiger charge is -2.08. The third-order valence-electron chi connectivity index (χ3n) is 2.17. The number of aliphatic hydroxyl groups excluding tert-OH is 1. The Kier molecular flexibility index (Phi) is 21.4. The van der Waals surface area contributed by atoms with E-state index in [4.69, 9.17) is 15.3 Å². The summed E-state index contributed by atoms with van der Waals surface area (Å²) in [5.74, 6) is -0.744. The molecule has 0 aliphatic heterocycles. The summed E-state index contributed by atoms with van der Waals surface area (Å²) in [6.45, 7) is 8.55. The molecule has 11 nitrogen and oxygen atoms in total. The molecule has 2 atom stereocenters. The Hall–Kier alpha value is -2.56. The minimum Gasteiger partial charge on any atom is -0.466 e. The summed E-state index contributed by atoms with van der Waals surface area (Å²) < 4.78 is 17.2. The van der Waals surface area contributed by atoms with Gasteiger partial charge in [-0.3, -0.25) is 4.79 Å². The van der Waals surface area contributed by atoms with Crippen molar-refractivity contribution in [2.45, 2.75) is 59.7 Å². The van der Waals surface area contributed by atoms with Gasteiger partial charge < -0.3 is 34.3 Å². The molecule has 0 heterocycles. The highest BCUT2D eigenvalue weighted by Crippen LogP contribution is 1.92. The van der Waals surface area contributed by atoms with Gasteiger partial charge in [-0.15, -0.1) is 0 Å². The normalized spacial score (nSPS) is 11.2. The molecule has 3 N–H and O–H groups in total. The third kappa shape index (κ3) is 31.7. The van der Waals surface area contributed by atoms with Gasteiger partial charge in [-0.05, 0) is 27.2 Å². The van der Waals surface area contributed by atoms with E-state index in [0.29, 0.717) is 13.2 Å². The number of carbonyl (C=O) groups excluding carboxylic acids is 2. The fourth-order valence-electron chi connectivity index (χ4n) is 1.02. The lowest BCUT2D eigenvalue weighted by atomic mass is 10.4. The minimum atomic E-state index is -1.45. The lowest BCUT2D eigenvalue weighted by molar-refractivity contribution is -0.151. The van der Waals surface area contributed by atoms with Crippen LogP contribution in [0.3, 0.4) is 0 Å². The van der Waals surface area contributed by atoms with Crippen LogP contribution < -0.4 is 0 Å². The molecule has 0 amide bonds. The predicted molar refractivity (Wildman–Crippen MR) is 92.4 cm³/mol. The van der Waals surface area contributed by atoms with Crippen molar-refractivity contribution in [1.29, 1.82) is 0 Å². The van der Waals surface area contributed by atoms with Gasteiger partial charge in [-0.1, -0.05) is 13.3 Å². The molecule has 27 heavy (non-hydrogen) atoms. The number of ether oxygens (including phenoxy) is 4. The Morgan fingerprint density at radius 1 is 0.926 bits per heavy atom. The molecule has 0 bridgehead atoms. The first-order chi connectivity index (χ1) is 12.5. The predicted octanol–water partition coefficient (Wildman–Crippen LogP) is 2.04. The van der Waals surface area contributed by atoms with Crippen LogP contribution >= 0.6 is 0 Å². The largest absolute Gasteiger partial charge is 0.506 e. The van der Waals surface area contributed by atoms with Crippen LogP contribution in [0, 0.1) is 0 Å². The van der Waals surface area contributed by atoms with E-state index >= 15 is 0 Å². The van der Waals surface area contributed by atoms with Gasteiger partial charge in [0.1, 0.15) is 18.8 Å². The first-order valence-electron chi connectivity index (χ1n) is 8.21. The molecule has 0 radical (unpaired) electrons. The van der Waals surface area contributed by atoms with Crippen LogP contribution in [-0.2, 0) is 28.5 Å². The molecule has 0 aromatic heterocycles. The molecule has 160 valence electrons. The van der Waals surface area contributed by atoms with Crippen molar-refractivity contribution in [3.8, 4) is 0 Å². The van der Waals surface area contributed by atoms with Gasteiger partial charge in [0.2, 0.25) is 0 Å². The van der Waals surface area contributed by atoms with Crippen LogP contribution in [0.1, 0.15) is 47.5 Å². The minimum absolute atomic E-state index is 0.182. The van der Waals surface area contributed by atoms with Crippen molar-refractivity contribution in [3.05, 3.63) is 0 Å². The highest BCUT2D eigenvalue weighted by molar-refractivity contribution is 5.73. The number of hydrogen-bond acceptors (Lipinski definition) is 9. The number of rotatable bonds is 8. The zero-order chi connectivity index (χ0) is 21.8. The zero-order valence-electron chi connectivity index (χ0n) is 16.3. The van der Waals surface area contributed by atoms with Crippen molar-refractivity contribution in [1.82, 2.24) is 0 Å². The van der Waals surface area contributed by atoms with E-state index in [2.05, 4.69) is 25.9 Å². The molecule has 0 aliphatic rings. The lowest BCUT2D eigenvalue weighted by Crippen LogP contribution is -2.20. The van der Waals surface area contributed by atoms with Gasteiger partial charge in [0.15, 0.2) is 0 Å². The number of hydrogen-bond donors (Lipinski definition) is 3. The molecular formula is C16H30O11. The van der Waals surface area contributed by atoms with Crippen LogP contribution in [0.4, 0.5) is 9.59 Å². The molecule has 11 heteroatoms. The maximum Gasteiger partial charge on any atom is 0.506 e. The van der Waals surface area contributed by atoms with Crippen LogP contribution in [0.2, 0.25) is 0 Å². The van der Waals surface area contributed by atoms with E-state index in [1.54, 1.807) is 6.92 Å². The Labute approximate surface area is 158 Å². The molecule has 0 spiro atoms. The standard InChI is InChI=1S/C6H12O2.C5H8O6.C5H10O3/c1-3-4-5-8-6(2)7;1-3(11-5(8)9)2-10-4(6)7;1-3-8-5(7)4(2)6/h3-5H2,1-2H3;3H,2H2,1H3,(H,6,7)(H,8,9);4,6H,3H2,1-2H3. The van der Waals surface area contributed by atoms with Crippen LogP contribution in [0.15, 0.2) is 0 Å². The summed E-state index contributed by atoms with van der Waals surface area (Å²) in [6, 6.07) is 0. The van der Waals surface area contributed by atoms with Crippen LogP contribution in [0.25, 0.3) is 0 Å².